The van der Waals surface area contributed by atoms with Crippen LogP contribution in [0.15, 0.2) is 12.1 Å². The van der Waals surface area contributed by atoms with E-state index in [9.17, 15) is 4.79 Å². The molecule has 7 heteroatoms. The Kier molecular flexibility index (Phi) is 3.88. The van der Waals surface area contributed by atoms with Crippen molar-refractivity contribution in [3.63, 3.8) is 0 Å². The highest BCUT2D eigenvalue weighted by Crippen LogP contribution is 2.22. The molecule has 128 valence electrons. The van der Waals surface area contributed by atoms with E-state index in [1.54, 1.807) is 0 Å². The lowest BCUT2D eigenvalue weighted by atomic mass is 10.1. The lowest BCUT2D eigenvalue weighted by molar-refractivity contribution is 0.0565. The predicted molar refractivity (Wildman–Crippen MR) is 89.9 cm³/mol. The van der Waals surface area contributed by atoms with Crippen LogP contribution < -0.4 is 0 Å². The van der Waals surface area contributed by atoms with Gasteiger partial charge in [-0.05, 0) is 45.4 Å². The molecule has 2 saturated heterocycles. The fourth-order valence-electron chi connectivity index (χ4n) is 3.89. The van der Waals surface area contributed by atoms with Crippen LogP contribution in [-0.2, 0) is 6.54 Å². The third kappa shape index (κ3) is 2.84. The Bertz CT molecular complexity index is 748. The Hall–Kier alpha value is -2.15. The van der Waals surface area contributed by atoms with Crippen LogP contribution in [0, 0.1) is 13.8 Å². The van der Waals surface area contributed by atoms with Crippen molar-refractivity contribution in [1.82, 2.24) is 29.8 Å². The van der Waals surface area contributed by atoms with Crippen molar-refractivity contribution < 1.29 is 4.79 Å². The quantitative estimate of drug-likeness (QED) is 0.919. The summed E-state index contributed by atoms with van der Waals surface area (Å²) in [5.74, 6) is 0.0393. The molecular formula is C17H24N6O. The van der Waals surface area contributed by atoms with Crippen molar-refractivity contribution in [2.45, 2.75) is 39.3 Å². The van der Waals surface area contributed by atoms with Crippen LogP contribution in [0.1, 0.15) is 40.4 Å². The zero-order valence-corrected chi connectivity index (χ0v) is 14.3. The van der Waals surface area contributed by atoms with Gasteiger partial charge >= 0.3 is 0 Å². The molecular weight excluding hydrogens is 304 g/mol. The van der Waals surface area contributed by atoms with Crippen LogP contribution >= 0.6 is 0 Å². The van der Waals surface area contributed by atoms with Crippen LogP contribution in [0.2, 0.25) is 0 Å². The van der Waals surface area contributed by atoms with Crippen molar-refractivity contribution in [3.05, 3.63) is 34.9 Å². The number of fused-ring (bicyclic) bond motifs is 1. The van der Waals surface area contributed by atoms with Crippen molar-refractivity contribution in [2.24, 2.45) is 0 Å². The minimum absolute atomic E-state index is 0.0393. The molecule has 2 aliphatic heterocycles. The van der Waals surface area contributed by atoms with E-state index in [0.29, 0.717) is 18.3 Å². The number of nitrogens with zero attached hydrogens (tertiary/aromatic N) is 5. The summed E-state index contributed by atoms with van der Waals surface area (Å²) in [6.07, 6.45) is 2.45. The second kappa shape index (κ2) is 6.05. The maximum Gasteiger partial charge on any atom is 0.274 e. The minimum Gasteiger partial charge on any atom is -0.334 e. The highest BCUT2D eigenvalue weighted by molar-refractivity contribution is 5.92. The SMILES string of the molecule is Cc1cc(C)n(Cc2cc(C(=O)N3CCN4CCCC4C3)n[nH]2)n1. The number of amides is 1. The normalized spacial score (nSPS) is 21.2. The topological polar surface area (TPSA) is 70.1 Å². The number of carbonyl (C=O) groups is 1. The lowest BCUT2D eigenvalue weighted by Crippen LogP contribution is -2.52. The van der Waals surface area contributed by atoms with E-state index in [2.05, 4.69) is 20.2 Å². The Labute approximate surface area is 141 Å². The second-order valence-electron chi connectivity index (χ2n) is 6.95. The van der Waals surface area contributed by atoms with Gasteiger partial charge in [0.15, 0.2) is 0 Å². The Balaban J connectivity index is 1.44. The molecule has 0 aliphatic carbocycles. The van der Waals surface area contributed by atoms with Crippen molar-refractivity contribution >= 4 is 5.91 Å². The second-order valence-corrected chi connectivity index (χ2v) is 6.95. The first-order valence-corrected chi connectivity index (χ1v) is 8.69. The molecule has 24 heavy (non-hydrogen) atoms. The van der Waals surface area contributed by atoms with E-state index in [1.165, 1.54) is 19.4 Å². The molecule has 1 atom stereocenters. The summed E-state index contributed by atoms with van der Waals surface area (Å²) in [6, 6.07) is 4.44. The fraction of sp³-hybridized carbons (Fsp3) is 0.588. The molecule has 2 aliphatic rings. The van der Waals surface area contributed by atoms with Gasteiger partial charge in [-0.2, -0.15) is 10.2 Å². The molecule has 4 heterocycles. The van der Waals surface area contributed by atoms with Gasteiger partial charge in [-0.3, -0.25) is 19.5 Å². The number of carbonyl (C=O) groups excluding carboxylic acids is 1. The fourth-order valence-corrected chi connectivity index (χ4v) is 3.89. The molecule has 1 N–H and O–H groups in total. The van der Waals surface area contributed by atoms with Crippen LogP contribution in [0.4, 0.5) is 0 Å². The predicted octanol–water partition coefficient (Wildman–Crippen LogP) is 1.19. The van der Waals surface area contributed by atoms with Crippen molar-refractivity contribution in [1.29, 1.82) is 0 Å². The summed E-state index contributed by atoms with van der Waals surface area (Å²) in [6.45, 7) is 8.42. The highest BCUT2D eigenvalue weighted by atomic mass is 16.2. The van der Waals surface area contributed by atoms with Gasteiger partial charge in [0, 0.05) is 31.4 Å². The van der Waals surface area contributed by atoms with Gasteiger partial charge in [-0.1, -0.05) is 0 Å². The minimum atomic E-state index is 0.0393. The average molecular weight is 328 g/mol. The van der Waals surface area contributed by atoms with E-state index in [4.69, 9.17) is 0 Å². The highest BCUT2D eigenvalue weighted by Gasteiger charge is 2.33. The van der Waals surface area contributed by atoms with Crippen LogP contribution in [-0.4, -0.2) is 67.9 Å². The van der Waals surface area contributed by atoms with E-state index >= 15 is 0 Å². The molecule has 0 aromatic carbocycles. The third-order valence-electron chi connectivity index (χ3n) is 5.15. The third-order valence-corrected chi connectivity index (χ3v) is 5.15. The van der Waals surface area contributed by atoms with Crippen LogP contribution in [0.3, 0.4) is 0 Å². The molecule has 0 radical (unpaired) electrons. The number of rotatable bonds is 3. The number of piperazine rings is 1. The molecule has 0 bridgehead atoms. The van der Waals surface area contributed by atoms with Crippen molar-refractivity contribution in [2.75, 3.05) is 26.2 Å². The number of aromatic nitrogens is 4. The number of H-pyrrole nitrogens is 1. The van der Waals surface area contributed by atoms with Gasteiger partial charge in [0.05, 0.1) is 17.9 Å². The molecule has 2 aromatic heterocycles. The van der Waals surface area contributed by atoms with Gasteiger partial charge in [0.2, 0.25) is 0 Å². The first-order valence-electron chi connectivity index (χ1n) is 8.69. The monoisotopic (exact) mass is 328 g/mol. The standard InChI is InChI=1S/C17H24N6O/c1-12-8-13(2)23(20-12)10-14-9-16(19-18-14)17(24)22-7-6-21-5-3-4-15(21)11-22/h8-9,15H,3-7,10-11H2,1-2H3,(H,18,19). The Morgan fingerprint density at radius 1 is 1.29 bits per heavy atom. The number of aryl methyl sites for hydroxylation is 2. The number of nitrogens with one attached hydrogen (secondary N) is 1. The molecule has 2 fully saturated rings. The maximum absolute atomic E-state index is 12.7. The number of aromatic amines is 1. The van der Waals surface area contributed by atoms with E-state index in [1.807, 2.05) is 35.6 Å². The lowest BCUT2D eigenvalue weighted by Gasteiger charge is -2.37. The summed E-state index contributed by atoms with van der Waals surface area (Å²) < 4.78 is 1.93. The van der Waals surface area contributed by atoms with Gasteiger partial charge < -0.3 is 4.90 Å². The summed E-state index contributed by atoms with van der Waals surface area (Å²) in [4.78, 5) is 17.2. The average Bonchev–Trinajstić information content (AvgIpc) is 3.27. The summed E-state index contributed by atoms with van der Waals surface area (Å²) in [5, 5.41) is 11.7. The molecule has 7 nitrogen and oxygen atoms in total. The largest absolute Gasteiger partial charge is 0.334 e. The summed E-state index contributed by atoms with van der Waals surface area (Å²) in [7, 11) is 0. The molecule has 2 aromatic rings. The van der Waals surface area contributed by atoms with Crippen LogP contribution in [0.5, 0.6) is 0 Å². The Morgan fingerprint density at radius 2 is 2.17 bits per heavy atom. The molecule has 1 unspecified atom stereocenters. The molecule has 4 rings (SSSR count). The summed E-state index contributed by atoms with van der Waals surface area (Å²) >= 11 is 0. The first-order chi connectivity index (χ1) is 11.6. The molecule has 0 spiro atoms. The van der Waals surface area contributed by atoms with Crippen molar-refractivity contribution in [3.8, 4) is 0 Å². The zero-order chi connectivity index (χ0) is 16.7. The molecule has 1 amide bonds. The van der Waals surface area contributed by atoms with Gasteiger partial charge in [-0.25, -0.2) is 0 Å². The summed E-state index contributed by atoms with van der Waals surface area (Å²) in [5.41, 5.74) is 3.52. The van der Waals surface area contributed by atoms with Gasteiger partial charge in [-0.15, -0.1) is 0 Å². The number of hydrogen-bond donors (Lipinski definition) is 1. The maximum atomic E-state index is 12.7. The van der Waals surface area contributed by atoms with Gasteiger partial charge in [0.1, 0.15) is 5.69 Å². The van der Waals surface area contributed by atoms with Gasteiger partial charge in [0.25, 0.3) is 5.91 Å². The van der Waals surface area contributed by atoms with E-state index in [0.717, 1.165) is 36.7 Å². The van der Waals surface area contributed by atoms with E-state index < -0.39 is 0 Å². The zero-order valence-electron chi connectivity index (χ0n) is 14.3. The number of hydrogen-bond acceptors (Lipinski definition) is 4. The Morgan fingerprint density at radius 3 is 2.96 bits per heavy atom. The van der Waals surface area contributed by atoms with E-state index in [-0.39, 0.29) is 5.91 Å². The smallest absolute Gasteiger partial charge is 0.274 e. The molecule has 0 saturated carbocycles. The van der Waals surface area contributed by atoms with Crippen LogP contribution in [0.25, 0.3) is 0 Å². The first kappa shape index (κ1) is 15.4.